The van der Waals surface area contributed by atoms with E-state index in [0.717, 1.165) is 13.1 Å². The molecule has 1 aromatic heterocycles. The third kappa shape index (κ3) is 4.89. The summed E-state index contributed by atoms with van der Waals surface area (Å²) >= 11 is 1.71. The Hall–Kier alpha value is -0.910. The lowest BCUT2D eigenvalue weighted by Gasteiger charge is -2.29. The van der Waals surface area contributed by atoms with Crippen molar-refractivity contribution in [1.82, 2.24) is 15.5 Å². The van der Waals surface area contributed by atoms with E-state index in [2.05, 4.69) is 46.2 Å². The van der Waals surface area contributed by atoms with Crippen LogP contribution in [-0.2, 0) is 4.79 Å². The van der Waals surface area contributed by atoms with Crippen molar-refractivity contribution in [2.45, 2.75) is 26.8 Å². The van der Waals surface area contributed by atoms with Crippen LogP contribution in [0, 0.1) is 5.92 Å². The van der Waals surface area contributed by atoms with Gasteiger partial charge in [-0.05, 0) is 42.5 Å². The van der Waals surface area contributed by atoms with Crippen LogP contribution in [-0.4, -0.2) is 44.0 Å². The van der Waals surface area contributed by atoms with E-state index in [9.17, 15) is 4.79 Å². The molecule has 0 aliphatic rings. The summed E-state index contributed by atoms with van der Waals surface area (Å²) in [5, 5.41) is 10.4. The van der Waals surface area contributed by atoms with E-state index in [1.165, 1.54) is 5.56 Å². The van der Waals surface area contributed by atoms with Gasteiger partial charge in [-0.2, -0.15) is 11.3 Å². The van der Waals surface area contributed by atoms with E-state index in [-0.39, 0.29) is 17.9 Å². The molecule has 0 spiro atoms. The van der Waals surface area contributed by atoms with E-state index in [1.807, 2.05) is 14.0 Å². The first-order chi connectivity index (χ1) is 9.63. The Morgan fingerprint density at radius 1 is 1.35 bits per heavy atom. The molecule has 0 fully saturated rings. The van der Waals surface area contributed by atoms with Crippen LogP contribution in [0.5, 0.6) is 0 Å². The molecule has 2 N–H and O–H groups in total. The second-order valence-corrected chi connectivity index (χ2v) is 5.78. The predicted octanol–water partition coefficient (Wildman–Crippen LogP) is 2.10. The van der Waals surface area contributed by atoms with Gasteiger partial charge in [-0.1, -0.05) is 20.8 Å². The Labute approximate surface area is 126 Å². The smallest absolute Gasteiger partial charge is 0.224 e. The van der Waals surface area contributed by atoms with Gasteiger partial charge in [-0.3, -0.25) is 9.69 Å². The number of nitrogens with one attached hydrogen (secondary N) is 2. The molecule has 20 heavy (non-hydrogen) atoms. The number of hydrogen-bond acceptors (Lipinski definition) is 4. The summed E-state index contributed by atoms with van der Waals surface area (Å²) in [7, 11) is 1.87. The lowest BCUT2D eigenvalue weighted by Crippen LogP contribution is -2.41. The quantitative estimate of drug-likeness (QED) is 0.734. The summed E-state index contributed by atoms with van der Waals surface area (Å²) in [5.74, 6) is 0.117. The number of rotatable bonds is 9. The number of hydrogen-bond donors (Lipinski definition) is 2. The first-order valence-corrected chi connectivity index (χ1v) is 8.26. The zero-order valence-corrected chi connectivity index (χ0v) is 13.8. The number of likely N-dealkylation sites (N-methyl/N-ethyl adjacent to an activating group) is 1. The Morgan fingerprint density at radius 3 is 2.55 bits per heavy atom. The molecule has 0 saturated heterocycles. The third-order valence-corrected chi connectivity index (χ3v) is 4.31. The molecule has 0 bridgehead atoms. The molecule has 0 aliphatic carbocycles. The molecule has 1 aromatic rings. The van der Waals surface area contributed by atoms with Gasteiger partial charge in [0, 0.05) is 19.0 Å². The molecule has 1 amide bonds. The third-order valence-electron chi connectivity index (χ3n) is 3.61. The molecular weight excluding hydrogens is 270 g/mol. The topological polar surface area (TPSA) is 44.4 Å². The van der Waals surface area contributed by atoms with E-state index in [4.69, 9.17) is 0 Å². The van der Waals surface area contributed by atoms with Crippen LogP contribution in [0.1, 0.15) is 32.4 Å². The van der Waals surface area contributed by atoms with Crippen molar-refractivity contribution in [3.05, 3.63) is 22.4 Å². The van der Waals surface area contributed by atoms with Crippen LogP contribution in [0.2, 0.25) is 0 Å². The van der Waals surface area contributed by atoms with Crippen molar-refractivity contribution in [1.29, 1.82) is 0 Å². The minimum Gasteiger partial charge on any atom is -0.354 e. The number of carbonyl (C=O) groups is 1. The largest absolute Gasteiger partial charge is 0.354 e. The first kappa shape index (κ1) is 17.1. The fraction of sp³-hybridized carbons (Fsp3) is 0.667. The molecule has 0 aromatic carbocycles. The van der Waals surface area contributed by atoms with Gasteiger partial charge in [0.1, 0.15) is 0 Å². The van der Waals surface area contributed by atoms with Crippen molar-refractivity contribution in [3.63, 3.8) is 0 Å². The highest BCUT2D eigenvalue weighted by Crippen LogP contribution is 2.22. The molecule has 4 nitrogen and oxygen atoms in total. The maximum Gasteiger partial charge on any atom is 0.224 e. The second kappa shape index (κ2) is 9.10. The van der Waals surface area contributed by atoms with Gasteiger partial charge >= 0.3 is 0 Å². The Bertz CT molecular complexity index is 376. The number of carbonyl (C=O) groups excluding carboxylic acids is 1. The van der Waals surface area contributed by atoms with Crippen LogP contribution >= 0.6 is 11.3 Å². The minimum absolute atomic E-state index is 0.000159. The van der Waals surface area contributed by atoms with E-state index in [0.29, 0.717) is 13.1 Å². The van der Waals surface area contributed by atoms with Crippen LogP contribution in [0.15, 0.2) is 16.8 Å². The molecule has 0 saturated carbocycles. The lowest BCUT2D eigenvalue weighted by atomic mass is 10.1. The molecule has 1 heterocycles. The van der Waals surface area contributed by atoms with Crippen LogP contribution in [0.25, 0.3) is 0 Å². The van der Waals surface area contributed by atoms with Gasteiger partial charge in [0.25, 0.3) is 0 Å². The molecule has 2 unspecified atom stereocenters. The predicted molar refractivity (Wildman–Crippen MR) is 86.1 cm³/mol. The number of thiophene rings is 1. The highest BCUT2D eigenvalue weighted by Gasteiger charge is 2.20. The van der Waals surface area contributed by atoms with Gasteiger partial charge in [0.2, 0.25) is 5.91 Å². The fourth-order valence-electron chi connectivity index (χ4n) is 2.36. The lowest BCUT2D eigenvalue weighted by molar-refractivity contribution is -0.124. The summed E-state index contributed by atoms with van der Waals surface area (Å²) in [6.07, 6.45) is 0. The molecular formula is C15H27N3OS. The molecule has 1 rings (SSSR count). The van der Waals surface area contributed by atoms with E-state index >= 15 is 0 Å². The van der Waals surface area contributed by atoms with Crippen molar-refractivity contribution in [2.24, 2.45) is 5.92 Å². The zero-order valence-electron chi connectivity index (χ0n) is 13.0. The maximum absolute atomic E-state index is 12.0. The summed E-state index contributed by atoms with van der Waals surface area (Å²) in [6, 6.07) is 2.42. The van der Waals surface area contributed by atoms with Gasteiger partial charge in [0.05, 0.1) is 6.04 Å². The van der Waals surface area contributed by atoms with Crippen molar-refractivity contribution in [3.8, 4) is 0 Å². The maximum atomic E-state index is 12.0. The van der Waals surface area contributed by atoms with E-state index in [1.54, 1.807) is 11.3 Å². The minimum atomic E-state index is -0.000159. The van der Waals surface area contributed by atoms with Crippen molar-refractivity contribution >= 4 is 17.2 Å². The Balaban J connectivity index is 2.64. The van der Waals surface area contributed by atoms with Gasteiger partial charge < -0.3 is 10.6 Å². The molecule has 2 atom stereocenters. The summed E-state index contributed by atoms with van der Waals surface area (Å²) in [5.41, 5.74) is 1.29. The average Bonchev–Trinajstić information content (AvgIpc) is 2.97. The van der Waals surface area contributed by atoms with Gasteiger partial charge in [0.15, 0.2) is 0 Å². The molecule has 0 radical (unpaired) electrons. The summed E-state index contributed by atoms with van der Waals surface area (Å²) < 4.78 is 0. The SMILES string of the molecule is CCN(CC)C(CNC(=O)C(C)CNC)c1ccsc1. The highest BCUT2D eigenvalue weighted by atomic mass is 32.1. The monoisotopic (exact) mass is 297 g/mol. The van der Waals surface area contributed by atoms with E-state index < -0.39 is 0 Å². The first-order valence-electron chi connectivity index (χ1n) is 7.32. The van der Waals surface area contributed by atoms with Crippen LogP contribution < -0.4 is 10.6 Å². The number of amides is 1. The Morgan fingerprint density at radius 2 is 2.05 bits per heavy atom. The summed E-state index contributed by atoms with van der Waals surface area (Å²) in [6.45, 7) is 9.62. The Kier molecular flexibility index (Phi) is 7.80. The van der Waals surface area contributed by atoms with Crippen LogP contribution in [0.3, 0.4) is 0 Å². The van der Waals surface area contributed by atoms with Gasteiger partial charge in [-0.15, -0.1) is 0 Å². The summed E-state index contributed by atoms with van der Waals surface area (Å²) in [4.78, 5) is 14.4. The van der Waals surface area contributed by atoms with Crippen molar-refractivity contribution in [2.75, 3.05) is 33.2 Å². The number of nitrogens with zero attached hydrogens (tertiary/aromatic N) is 1. The molecule has 5 heteroatoms. The van der Waals surface area contributed by atoms with Gasteiger partial charge in [-0.25, -0.2) is 0 Å². The van der Waals surface area contributed by atoms with Crippen LogP contribution in [0.4, 0.5) is 0 Å². The second-order valence-electron chi connectivity index (χ2n) is 5.00. The molecule has 114 valence electrons. The fourth-order valence-corrected chi connectivity index (χ4v) is 3.06. The molecule has 0 aliphatic heterocycles. The average molecular weight is 297 g/mol. The zero-order chi connectivity index (χ0) is 15.0. The highest BCUT2D eigenvalue weighted by molar-refractivity contribution is 7.07. The normalized spacial score (nSPS) is 14.2. The standard InChI is InChI=1S/C15H27N3OS/c1-5-18(6-2)14(13-7-8-20-11-13)10-17-15(19)12(3)9-16-4/h7-8,11-12,14,16H,5-6,9-10H2,1-4H3,(H,17,19). The van der Waals surface area contributed by atoms with Crippen molar-refractivity contribution < 1.29 is 4.79 Å².